The van der Waals surface area contributed by atoms with Crippen molar-refractivity contribution in [2.45, 2.75) is 19.4 Å². The van der Waals surface area contributed by atoms with E-state index in [-0.39, 0.29) is 5.69 Å². The number of amides is 1. The summed E-state index contributed by atoms with van der Waals surface area (Å²) in [6.07, 6.45) is 0.412. The highest BCUT2D eigenvalue weighted by Gasteiger charge is 2.25. The van der Waals surface area contributed by atoms with Crippen LogP contribution < -0.4 is 5.32 Å². The Bertz CT molecular complexity index is 735. The van der Waals surface area contributed by atoms with E-state index in [0.717, 1.165) is 0 Å². The van der Waals surface area contributed by atoms with E-state index in [4.69, 9.17) is 16.7 Å². The van der Waals surface area contributed by atoms with E-state index < -0.39 is 24.6 Å². The third-order valence-electron chi connectivity index (χ3n) is 3.12. The van der Waals surface area contributed by atoms with Gasteiger partial charge in [0.15, 0.2) is 11.7 Å². The molecule has 1 heterocycles. The largest absolute Gasteiger partial charge is 0.480 e. The van der Waals surface area contributed by atoms with Gasteiger partial charge < -0.3 is 10.4 Å². The number of rotatable bonds is 6. The molecule has 0 aliphatic rings. The maximum Gasteiger partial charge on any atom is 0.328 e. The molecule has 0 bridgehead atoms. The van der Waals surface area contributed by atoms with Gasteiger partial charge >= 0.3 is 5.97 Å². The Kier molecular flexibility index (Phi) is 5.28. The average molecular weight is 341 g/mol. The third-order valence-corrected chi connectivity index (χ3v) is 3.36. The molecule has 7 nitrogen and oxygen atoms in total. The molecule has 0 fully saturated rings. The van der Waals surface area contributed by atoms with Crippen LogP contribution in [0.3, 0.4) is 0 Å². The van der Waals surface area contributed by atoms with E-state index in [9.17, 15) is 14.0 Å². The van der Waals surface area contributed by atoms with Gasteiger partial charge in [-0.05, 0) is 24.6 Å². The van der Waals surface area contributed by atoms with E-state index in [1.54, 1.807) is 31.2 Å². The summed E-state index contributed by atoms with van der Waals surface area (Å²) in [6.45, 7) is 0.575. The number of aliphatic carboxylic acids is 1. The van der Waals surface area contributed by atoms with Crippen LogP contribution in [0.2, 0.25) is 5.02 Å². The van der Waals surface area contributed by atoms with Gasteiger partial charge in [-0.3, -0.25) is 4.79 Å². The zero-order chi connectivity index (χ0) is 17.0. The lowest BCUT2D eigenvalue weighted by Gasteiger charge is -2.10. The summed E-state index contributed by atoms with van der Waals surface area (Å²) in [5, 5.41) is 19.1. The Hall–Kier alpha value is -2.48. The van der Waals surface area contributed by atoms with E-state index in [1.165, 1.54) is 4.68 Å². The fraction of sp³-hybridized carbons (Fsp3) is 0.286. The number of carbonyl (C=O) groups is 2. The molecule has 23 heavy (non-hydrogen) atoms. The summed E-state index contributed by atoms with van der Waals surface area (Å²) in [7, 11) is 0. The molecule has 1 atom stereocenters. The first kappa shape index (κ1) is 16.9. The molecule has 2 aromatic rings. The zero-order valence-electron chi connectivity index (χ0n) is 12.2. The molecule has 1 unspecified atom stereocenters. The maximum absolute atomic E-state index is 12.6. The van der Waals surface area contributed by atoms with Gasteiger partial charge in [-0.15, -0.1) is 5.10 Å². The highest BCUT2D eigenvalue weighted by molar-refractivity contribution is 6.30. The van der Waals surface area contributed by atoms with E-state index in [0.29, 0.717) is 22.8 Å². The Balaban J connectivity index is 2.34. The number of nitrogens with zero attached hydrogens (tertiary/aromatic N) is 3. The number of nitrogens with one attached hydrogen (secondary N) is 1. The van der Waals surface area contributed by atoms with Crippen molar-refractivity contribution in [1.82, 2.24) is 20.3 Å². The van der Waals surface area contributed by atoms with Crippen molar-refractivity contribution >= 4 is 23.5 Å². The van der Waals surface area contributed by atoms with E-state index >= 15 is 0 Å². The number of alkyl halides is 1. The van der Waals surface area contributed by atoms with Gasteiger partial charge in [0.1, 0.15) is 6.67 Å². The molecule has 9 heteroatoms. The van der Waals surface area contributed by atoms with Crippen LogP contribution in [0.4, 0.5) is 4.39 Å². The lowest BCUT2D eigenvalue weighted by molar-refractivity contribution is -0.139. The van der Waals surface area contributed by atoms with Crippen LogP contribution in [0.1, 0.15) is 23.1 Å². The average Bonchev–Trinajstić information content (AvgIpc) is 2.96. The van der Waals surface area contributed by atoms with Crippen LogP contribution in [-0.2, 0) is 11.2 Å². The van der Waals surface area contributed by atoms with Crippen molar-refractivity contribution in [3.05, 3.63) is 40.7 Å². The third kappa shape index (κ3) is 3.65. The number of carboxylic acids is 1. The highest BCUT2D eigenvalue weighted by Crippen LogP contribution is 2.17. The summed E-state index contributed by atoms with van der Waals surface area (Å²) in [4.78, 5) is 22.9. The molecule has 2 rings (SSSR count). The first-order valence-corrected chi connectivity index (χ1v) is 7.15. The number of carboxylic acid groups (broad SMARTS) is 1. The van der Waals surface area contributed by atoms with Crippen LogP contribution in [0.25, 0.3) is 5.69 Å². The summed E-state index contributed by atoms with van der Waals surface area (Å²) in [6, 6.07) is 5.19. The van der Waals surface area contributed by atoms with Gasteiger partial charge in [0.2, 0.25) is 0 Å². The zero-order valence-corrected chi connectivity index (χ0v) is 12.9. The second-order valence-electron chi connectivity index (χ2n) is 4.65. The molecule has 0 aliphatic carbocycles. The number of halogens is 2. The first-order valence-electron chi connectivity index (χ1n) is 6.78. The molecule has 0 aliphatic heterocycles. The summed E-state index contributed by atoms with van der Waals surface area (Å²) in [5.41, 5.74) is 1.03. The quantitative estimate of drug-likeness (QED) is 0.833. The lowest BCUT2D eigenvalue weighted by atomic mass is 10.2. The topological polar surface area (TPSA) is 97.1 Å². The number of carbonyl (C=O) groups excluding carboxylic acids is 1. The Morgan fingerprint density at radius 3 is 2.78 bits per heavy atom. The highest BCUT2D eigenvalue weighted by atomic mass is 35.5. The van der Waals surface area contributed by atoms with Gasteiger partial charge in [0, 0.05) is 5.02 Å². The second-order valence-corrected chi connectivity index (χ2v) is 5.08. The predicted molar refractivity (Wildman–Crippen MR) is 80.6 cm³/mol. The minimum atomic E-state index is -1.62. The molecule has 1 amide bonds. The van der Waals surface area contributed by atoms with Crippen molar-refractivity contribution in [3.8, 4) is 5.69 Å². The van der Waals surface area contributed by atoms with E-state index in [1.807, 2.05) is 0 Å². The normalized spacial score (nSPS) is 12.0. The second kappa shape index (κ2) is 7.19. The van der Waals surface area contributed by atoms with Crippen molar-refractivity contribution < 1.29 is 19.1 Å². The fourth-order valence-corrected chi connectivity index (χ4v) is 2.19. The smallest absolute Gasteiger partial charge is 0.328 e. The Morgan fingerprint density at radius 2 is 2.22 bits per heavy atom. The molecular weight excluding hydrogens is 327 g/mol. The number of hydrogen-bond acceptors (Lipinski definition) is 4. The van der Waals surface area contributed by atoms with E-state index in [2.05, 4.69) is 15.6 Å². The predicted octanol–water partition coefficient (Wildman–Crippen LogP) is 1.64. The maximum atomic E-state index is 12.6. The molecule has 0 saturated heterocycles. The lowest BCUT2D eigenvalue weighted by Crippen LogP contribution is -2.42. The van der Waals surface area contributed by atoms with Crippen LogP contribution in [0.5, 0.6) is 0 Å². The minimum absolute atomic E-state index is 0.0489. The van der Waals surface area contributed by atoms with Crippen LogP contribution in [0.15, 0.2) is 24.3 Å². The van der Waals surface area contributed by atoms with Gasteiger partial charge in [-0.2, -0.15) is 0 Å². The number of benzene rings is 1. The minimum Gasteiger partial charge on any atom is -0.480 e. The monoisotopic (exact) mass is 340 g/mol. The van der Waals surface area contributed by atoms with Gasteiger partial charge in [-0.1, -0.05) is 29.8 Å². The fourth-order valence-electron chi connectivity index (χ4n) is 2.00. The molecule has 122 valence electrons. The molecular formula is C14H14ClFN4O3. The van der Waals surface area contributed by atoms with Crippen LogP contribution in [0, 0.1) is 0 Å². The molecule has 0 saturated carbocycles. The summed E-state index contributed by atoms with van der Waals surface area (Å²) in [5.74, 6) is -2.25. The standard InChI is InChI=1S/C14H14ClFN4O3/c1-2-11-12(13(21)17-10(7-16)14(22)23)18-19-20(11)9-5-3-4-8(15)6-9/h3-6,10H,2,7H2,1H3,(H,17,21)(H,22,23). The first-order chi connectivity index (χ1) is 11.0. The van der Waals surface area contributed by atoms with Crippen molar-refractivity contribution in [1.29, 1.82) is 0 Å². The van der Waals surface area contributed by atoms with Gasteiger partial charge in [0.25, 0.3) is 5.91 Å². The van der Waals surface area contributed by atoms with Crippen molar-refractivity contribution in [2.24, 2.45) is 0 Å². The van der Waals surface area contributed by atoms with Crippen LogP contribution >= 0.6 is 11.6 Å². The molecule has 2 N–H and O–H groups in total. The van der Waals surface area contributed by atoms with Crippen molar-refractivity contribution in [3.63, 3.8) is 0 Å². The molecule has 0 radical (unpaired) electrons. The van der Waals surface area contributed by atoms with Gasteiger partial charge in [-0.25, -0.2) is 13.9 Å². The SMILES string of the molecule is CCc1c(C(=O)NC(CF)C(=O)O)nnn1-c1cccc(Cl)c1. The van der Waals surface area contributed by atoms with Crippen LogP contribution in [-0.4, -0.2) is 44.7 Å². The van der Waals surface area contributed by atoms with Crippen molar-refractivity contribution in [2.75, 3.05) is 6.67 Å². The molecule has 0 spiro atoms. The molecule has 1 aromatic carbocycles. The summed E-state index contributed by atoms with van der Waals surface area (Å²) < 4.78 is 14.1. The Labute approximate surface area is 136 Å². The van der Waals surface area contributed by atoms with Gasteiger partial charge in [0.05, 0.1) is 11.4 Å². The summed E-state index contributed by atoms with van der Waals surface area (Å²) >= 11 is 5.93. The Morgan fingerprint density at radius 1 is 1.48 bits per heavy atom. The number of hydrogen-bond donors (Lipinski definition) is 2. The number of aromatic nitrogens is 3. The molecule has 1 aromatic heterocycles.